The van der Waals surface area contributed by atoms with Gasteiger partial charge in [0.1, 0.15) is 6.61 Å². The van der Waals surface area contributed by atoms with Gasteiger partial charge in [-0.15, -0.1) is 0 Å². The molecule has 0 aliphatic carbocycles. The Morgan fingerprint density at radius 2 is 2.18 bits per heavy atom. The molecule has 1 aromatic rings. The zero-order valence-corrected chi connectivity index (χ0v) is 10.8. The normalized spacial score (nSPS) is 21.8. The van der Waals surface area contributed by atoms with E-state index in [9.17, 15) is 0 Å². The van der Waals surface area contributed by atoms with E-state index in [1.165, 1.54) is 5.56 Å². The second-order valence-electron chi connectivity index (χ2n) is 6.04. The Morgan fingerprint density at radius 1 is 1.41 bits per heavy atom. The Labute approximate surface area is 102 Å². The smallest absolute Gasteiger partial charge is 0.215 e. The summed E-state index contributed by atoms with van der Waals surface area (Å²) in [7, 11) is 0. The van der Waals surface area contributed by atoms with Gasteiger partial charge in [-0.2, -0.15) is 5.10 Å². The standard InChI is InChI=1S/C13H20N2O2/c1-4-12(2,3)10-5-14-15-6-13(7-16-8-13)9-17-11(10)15/h5H,4,6-9H2,1-3H3. The third-order valence-electron chi connectivity index (χ3n) is 4.22. The fraction of sp³-hybridized carbons (Fsp3) is 0.769. The average molecular weight is 236 g/mol. The maximum Gasteiger partial charge on any atom is 0.215 e. The molecule has 0 saturated carbocycles. The minimum atomic E-state index is 0.133. The lowest BCUT2D eigenvalue weighted by molar-refractivity contribution is -0.154. The molecule has 3 heterocycles. The van der Waals surface area contributed by atoms with Crippen LogP contribution in [0.15, 0.2) is 6.20 Å². The number of ether oxygens (including phenoxy) is 2. The molecule has 17 heavy (non-hydrogen) atoms. The van der Waals surface area contributed by atoms with E-state index in [2.05, 4.69) is 25.9 Å². The molecule has 1 fully saturated rings. The quantitative estimate of drug-likeness (QED) is 0.787. The van der Waals surface area contributed by atoms with Gasteiger partial charge in [0.05, 0.1) is 31.4 Å². The lowest BCUT2D eigenvalue weighted by Crippen LogP contribution is -2.52. The Balaban J connectivity index is 1.92. The number of hydrogen-bond donors (Lipinski definition) is 0. The molecule has 0 aromatic carbocycles. The summed E-state index contributed by atoms with van der Waals surface area (Å²) in [5.41, 5.74) is 1.55. The van der Waals surface area contributed by atoms with Crippen LogP contribution in [-0.2, 0) is 16.7 Å². The predicted molar refractivity (Wildman–Crippen MR) is 64.3 cm³/mol. The summed E-state index contributed by atoms with van der Waals surface area (Å²) in [6.07, 6.45) is 3.06. The van der Waals surface area contributed by atoms with Gasteiger partial charge in [0.25, 0.3) is 0 Å². The minimum Gasteiger partial charge on any atom is -0.477 e. The van der Waals surface area contributed by atoms with Crippen molar-refractivity contribution in [1.82, 2.24) is 9.78 Å². The summed E-state index contributed by atoms with van der Waals surface area (Å²) in [5, 5.41) is 4.48. The van der Waals surface area contributed by atoms with Crippen molar-refractivity contribution in [2.45, 2.75) is 39.2 Å². The van der Waals surface area contributed by atoms with Gasteiger partial charge in [-0.1, -0.05) is 20.8 Å². The van der Waals surface area contributed by atoms with Gasteiger partial charge in [-0.3, -0.25) is 0 Å². The molecule has 2 aliphatic rings. The molecule has 0 amide bonds. The van der Waals surface area contributed by atoms with Crippen LogP contribution in [0.5, 0.6) is 5.88 Å². The molecule has 0 bridgehead atoms. The van der Waals surface area contributed by atoms with Crippen molar-refractivity contribution in [3.8, 4) is 5.88 Å². The van der Waals surface area contributed by atoms with Crippen molar-refractivity contribution in [3.63, 3.8) is 0 Å². The van der Waals surface area contributed by atoms with Gasteiger partial charge in [-0.25, -0.2) is 4.68 Å². The van der Waals surface area contributed by atoms with Crippen LogP contribution in [0.3, 0.4) is 0 Å². The second kappa shape index (κ2) is 3.48. The summed E-state index contributed by atoms with van der Waals surface area (Å²) >= 11 is 0. The van der Waals surface area contributed by atoms with Crippen molar-refractivity contribution in [2.75, 3.05) is 19.8 Å². The lowest BCUT2D eigenvalue weighted by Gasteiger charge is -2.43. The Hall–Kier alpha value is -1.03. The third-order valence-corrected chi connectivity index (χ3v) is 4.22. The maximum absolute atomic E-state index is 5.96. The lowest BCUT2D eigenvalue weighted by atomic mass is 9.83. The SMILES string of the molecule is CCC(C)(C)c1cnn2c1OCC1(COC1)C2. The third kappa shape index (κ3) is 1.58. The van der Waals surface area contributed by atoms with Crippen LogP contribution in [0, 0.1) is 5.41 Å². The van der Waals surface area contributed by atoms with Crippen LogP contribution in [0.25, 0.3) is 0 Å². The molecular formula is C13H20N2O2. The fourth-order valence-corrected chi connectivity index (χ4v) is 2.44. The molecule has 94 valence electrons. The molecule has 1 saturated heterocycles. The zero-order valence-electron chi connectivity index (χ0n) is 10.8. The molecule has 1 spiro atoms. The van der Waals surface area contributed by atoms with E-state index < -0.39 is 0 Å². The first-order chi connectivity index (χ1) is 8.06. The van der Waals surface area contributed by atoms with Gasteiger partial charge < -0.3 is 9.47 Å². The Kier molecular flexibility index (Phi) is 2.27. The molecule has 0 N–H and O–H groups in total. The molecule has 4 heteroatoms. The summed E-state index contributed by atoms with van der Waals surface area (Å²) in [6.45, 7) is 10.00. The molecule has 1 aromatic heterocycles. The second-order valence-corrected chi connectivity index (χ2v) is 6.04. The van der Waals surface area contributed by atoms with Crippen molar-refractivity contribution in [1.29, 1.82) is 0 Å². The first-order valence-corrected chi connectivity index (χ1v) is 6.33. The predicted octanol–water partition coefficient (Wildman–Crippen LogP) is 1.98. The molecule has 4 nitrogen and oxygen atoms in total. The number of fused-ring (bicyclic) bond motifs is 1. The van der Waals surface area contributed by atoms with Crippen LogP contribution < -0.4 is 4.74 Å². The highest BCUT2D eigenvalue weighted by atomic mass is 16.5. The van der Waals surface area contributed by atoms with E-state index in [1.807, 2.05) is 10.9 Å². The average Bonchev–Trinajstić information content (AvgIpc) is 2.69. The van der Waals surface area contributed by atoms with E-state index >= 15 is 0 Å². The van der Waals surface area contributed by atoms with Crippen LogP contribution in [-0.4, -0.2) is 29.6 Å². The zero-order chi connectivity index (χ0) is 12.1. The molecule has 0 atom stereocenters. The van der Waals surface area contributed by atoms with Crippen LogP contribution in [0.4, 0.5) is 0 Å². The van der Waals surface area contributed by atoms with Gasteiger partial charge in [-0.05, 0) is 11.8 Å². The fourth-order valence-electron chi connectivity index (χ4n) is 2.44. The number of hydrogen-bond acceptors (Lipinski definition) is 3. The molecular weight excluding hydrogens is 216 g/mol. The van der Waals surface area contributed by atoms with Gasteiger partial charge in [0.15, 0.2) is 0 Å². The van der Waals surface area contributed by atoms with Crippen LogP contribution in [0.2, 0.25) is 0 Å². The van der Waals surface area contributed by atoms with Crippen molar-refractivity contribution < 1.29 is 9.47 Å². The highest BCUT2D eigenvalue weighted by Crippen LogP contribution is 2.40. The van der Waals surface area contributed by atoms with Crippen molar-refractivity contribution in [2.24, 2.45) is 5.41 Å². The van der Waals surface area contributed by atoms with E-state index in [1.54, 1.807) is 0 Å². The Morgan fingerprint density at radius 3 is 2.76 bits per heavy atom. The molecule has 2 aliphatic heterocycles. The maximum atomic E-state index is 5.96. The topological polar surface area (TPSA) is 36.3 Å². The first kappa shape index (κ1) is 11.1. The monoisotopic (exact) mass is 236 g/mol. The van der Waals surface area contributed by atoms with E-state index in [4.69, 9.17) is 9.47 Å². The highest BCUT2D eigenvalue weighted by molar-refractivity contribution is 5.33. The van der Waals surface area contributed by atoms with E-state index in [-0.39, 0.29) is 10.8 Å². The summed E-state index contributed by atoms with van der Waals surface area (Å²) in [5.74, 6) is 0.967. The summed E-state index contributed by atoms with van der Waals surface area (Å²) in [6, 6.07) is 0. The number of nitrogens with zero attached hydrogens (tertiary/aromatic N) is 2. The van der Waals surface area contributed by atoms with Crippen molar-refractivity contribution in [3.05, 3.63) is 11.8 Å². The highest BCUT2D eigenvalue weighted by Gasteiger charge is 2.44. The van der Waals surface area contributed by atoms with Gasteiger partial charge in [0.2, 0.25) is 5.88 Å². The van der Waals surface area contributed by atoms with E-state index in [0.717, 1.165) is 38.7 Å². The largest absolute Gasteiger partial charge is 0.477 e. The molecule has 0 unspecified atom stereocenters. The number of aromatic nitrogens is 2. The first-order valence-electron chi connectivity index (χ1n) is 6.33. The summed E-state index contributed by atoms with van der Waals surface area (Å²) < 4.78 is 13.3. The minimum absolute atomic E-state index is 0.133. The van der Waals surface area contributed by atoms with Crippen LogP contribution >= 0.6 is 0 Å². The Bertz CT molecular complexity index is 433. The van der Waals surface area contributed by atoms with E-state index in [0.29, 0.717) is 0 Å². The number of rotatable bonds is 2. The van der Waals surface area contributed by atoms with Crippen LogP contribution in [0.1, 0.15) is 32.8 Å². The van der Waals surface area contributed by atoms with Gasteiger partial charge >= 0.3 is 0 Å². The summed E-state index contributed by atoms with van der Waals surface area (Å²) in [4.78, 5) is 0. The molecule has 0 radical (unpaired) electrons. The van der Waals surface area contributed by atoms with Crippen molar-refractivity contribution >= 4 is 0 Å². The van der Waals surface area contributed by atoms with Gasteiger partial charge in [0, 0.05) is 5.56 Å². The molecule has 3 rings (SSSR count).